The molecule has 0 amide bonds. The topological polar surface area (TPSA) is 36.4 Å². The second-order valence-electron chi connectivity index (χ2n) is 4.50. The molecule has 2 aliphatic carbocycles. The zero-order valence-electron chi connectivity index (χ0n) is 8.89. The molecule has 0 spiro atoms. The van der Waals surface area contributed by atoms with Gasteiger partial charge < -0.3 is 10.6 Å². The smallest absolute Gasteiger partial charge is 0.248 e. The van der Waals surface area contributed by atoms with Crippen molar-refractivity contribution in [2.24, 2.45) is 10.9 Å². The highest BCUT2D eigenvalue weighted by Gasteiger charge is 2.44. The molecule has 0 atom stereocenters. The molecule has 2 saturated carbocycles. The van der Waals surface area contributed by atoms with E-state index in [4.69, 9.17) is 0 Å². The average molecular weight is 217 g/mol. The minimum Gasteiger partial charge on any atom is -0.356 e. The van der Waals surface area contributed by atoms with E-state index in [0.29, 0.717) is 12.6 Å². The average Bonchev–Trinajstić information content (AvgIpc) is 2.92. The van der Waals surface area contributed by atoms with Gasteiger partial charge in [-0.2, -0.15) is 0 Å². The fraction of sp³-hybridized carbons (Fsp3) is 0.900. The summed E-state index contributed by atoms with van der Waals surface area (Å²) in [4.78, 5) is 4.04. The Labute approximate surface area is 88.3 Å². The van der Waals surface area contributed by atoms with E-state index in [1.54, 1.807) is 7.05 Å². The lowest BCUT2D eigenvalue weighted by molar-refractivity contribution is -0.108. The Bertz CT molecular complexity index is 253. The third-order valence-corrected chi connectivity index (χ3v) is 2.87. The van der Waals surface area contributed by atoms with Crippen molar-refractivity contribution in [3.63, 3.8) is 0 Å². The lowest BCUT2D eigenvalue weighted by Crippen LogP contribution is -2.46. The number of rotatable bonds is 3. The third kappa shape index (κ3) is 3.04. The number of nitrogens with zero attached hydrogens (tertiary/aromatic N) is 1. The quantitative estimate of drug-likeness (QED) is 0.553. The van der Waals surface area contributed by atoms with E-state index >= 15 is 0 Å². The first-order valence-electron chi connectivity index (χ1n) is 5.44. The standard InChI is InChI=1S/C10H17F2N3/c1-13-9(15-8-2-3-8)14-6-7-4-10(11,12)5-7/h7-8H,2-6H2,1H3,(H2,13,14,15). The van der Waals surface area contributed by atoms with Crippen LogP contribution in [-0.2, 0) is 0 Å². The Balaban J connectivity index is 1.64. The van der Waals surface area contributed by atoms with Crippen LogP contribution in [0.5, 0.6) is 0 Å². The summed E-state index contributed by atoms with van der Waals surface area (Å²) in [6, 6.07) is 0.541. The summed E-state index contributed by atoms with van der Waals surface area (Å²) in [6.07, 6.45) is 2.39. The van der Waals surface area contributed by atoms with E-state index in [1.807, 2.05) is 0 Å². The molecule has 3 nitrogen and oxygen atoms in total. The highest BCUT2D eigenvalue weighted by molar-refractivity contribution is 5.80. The van der Waals surface area contributed by atoms with Crippen LogP contribution in [0, 0.1) is 5.92 Å². The van der Waals surface area contributed by atoms with Gasteiger partial charge in [-0.25, -0.2) is 8.78 Å². The molecule has 0 radical (unpaired) electrons. The number of hydrogen-bond donors (Lipinski definition) is 2. The monoisotopic (exact) mass is 217 g/mol. The number of guanidine groups is 1. The first kappa shape index (κ1) is 10.6. The van der Waals surface area contributed by atoms with Gasteiger partial charge in [0.05, 0.1) is 0 Å². The molecule has 0 bridgehead atoms. The van der Waals surface area contributed by atoms with E-state index in [9.17, 15) is 8.78 Å². The number of aliphatic imine (C=N–C) groups is 1. The van der Waals surface area contributed by atoms with Crippen molar-refractivity contribution >= 4 is 5.96 Å². The molecule has 2 rings (SSSR count). The Hall–Kier alpha value is -0.870. The molecule has 2 fully saturated rings. The number of nitrogens with one attached hydrogen (secondary N) is 2. The van der Waals surface area contributed by atoms with Crippen LogP contribution in [0.3, 0.4) is 0 Å². The molecule has 0 heterocycles. The van der Waals surface area contributed by atoms with Gasteiger partial charge >= 0.3 is 0 Å². The molecule has 0 aromatic carbocycles. The van der Waals surface area contributed by atoms with Crippen molar-refractivity contribution in [1.82, 2.24) is 10.6 Å². The Morgan fingerprint density at radius 2 is 2.07 bits per heavy atom. The van der Waals surface area contributed by atoms with Gasteiger partial charge in [0.2, 0.25) is 5.92 Å². The van der Waals surface area contributed by atoms with Crippen LogP contribution < -0.4 is 10.6 Å². The van der Waals surface area contributed by atoms with Crippen LogP contribution >= 0.6 is 0 Å². The van der Waals surface area contributed by atoms with Crippen molar-refractivity contribution in [2.75, 3.05) is 13.6 Å². The predicted molar refractivity (Wildman–Crippen MR) is 55.2 cm³/mol. The van der Waals surface area contributed by atoms with E-state index in [-0.39, 0.29) is 18.8 Å². The minimum absolute atomic E-state index is 0.0143. The molecule has 0 unspecified atom stereocenters. The lowest BCUT2D eigenvalue weighted by atomic mass is 9.81. The van der Waals surface area contributed by atoms with Gasteiger partial charge in [0.1, 0.15) is 0 Å². The molecule has 2 aliphatic rings. The van der Waals surface area contributed by atoms with Gasteiger partial charge in [-0.05, 0) is 18.8 Å². The van der Waals surface area contributed by atoms with Crippen LogP contribution in [0.4, 0.5) is 8.78 Å². The van der Waals surface area contributed by atoms with E-state index in [2.05, 4.69) is 15.6 Å². The van der Waals surface area contributed by atoms with E-state index < -0.39 is 5.92 Å². The first-order valence-corrected chi connectivity index (χ1v) is 5.44. The van der Waals surface area contributed by atoms with Crippen LogP contribution in [0.1, 0.15) is 25.7 Å². The summed E-state index contributed by atoms with van der Waals surface area (Å²) >= 11 is 0. The Morgan fingerprint density at radius 1 is 1.40 bits per heavy atom. The van der Waals surface area contributed by atoms with E-state index in [0.717, 1.165) is 5.96 Å². The summed E-state index contributed by atoms with van der Waals surface area (Å²) in [5.41, 5.74) is 0. The molecule has 86 valence electrons. The molecular formula is C10H17F2N3. The van der Waals surface area contributed by atoms with E-state index in [1.165, 1.54) is 12.8 Å². The summed E-state index contributed by atoms with van der Waals surface area (Å²) < 4.78 is 25.1. The minimum atomic E-state index is -2.42. The van der Waals surface area contributed by atoms with Crippen molar-refractivity contribution < 1.29 is 8.78 Å². The number of hydrogen-bond acceptors (Lipinski definition) is 1. The second-order valence-corrected chi connectivity index (χ2v) is 4.50. The molecule has 0 saturated heterocycles. The molecular weight excluding hydrogens is 200 g/mol. The maximum Gasteiger partial charge on any atom is 0.248 e. The maximum absolute atomic E-state index is 12.5. The van der Waals surface area contributed by atoms with Crippen LogP contribution in [-0.4, -0.2) is 31.5 Å². The van der Waals surface area contributed by atoms with Crippen LogP contribution in [0.15, 0.2) is 4.99 Å². The van der Waals surface area contributed by atoms with Crippen LogP contribution in [0.2, 0.25) is 0 Å². The van der Waals surface area contributed by atoms with Crippen molar-refractivity contribution in [3.8, 4) is 0 Å². The lowest BCUT2D eigenvalue weighted by Gasteiger charge is -2.35. The van der Waals surface area contributed by atoms with Crippen molar-refractivity contribution in [2.45, 2.75) is 37.6 Å². The van der Waals surface area contributed by atoms with Gasteiger partial charge in [0, 0.05) is 32.5 Å². The Kier molecular flexibility index (Phi) is 2.80. The fourth-order valence-corrected chi connectivity index (χ4v) is 1.79. The second kappa shape index (κ2) is 3.94. The SMILES string of the molecule is CN=C(NCC1CC(F)(F)C1)NC1CC1. The predicted octanol–water partition coefficient (Wildman–Crippen LogP) is 1.36. The molecule has 5 heteroatoms. The summed E-state index contributed by atoms with van der Waals surface area (Å²) in [5.74, 6) is -1.58. The van der Waals surface area contributed by atoms with Crippen LogP contribution in [0.25, 0.3) is 0 Å². The zero-order chi connectivity index (χ0) is 10.9. The third-order valence-electron chi connectivity index (χ3n) is 2.87. The highest BCUT2D eigenvalue weighted by Crippen LogP contribution is 2.41. The number of alkyl halides is 2. The van der Waals surface area contributed by atoms with Crippen molar-refractivity contribution in [1.29, 1.82) is 0 Å². The molecule has 0 aromatic rings. The largest absolute Gasteiger partial charge is 0.356 e. The summed E-state index contributed by atoms with van der Waals surface area (Å²) in [7, 11) is 1.70. The molecule has 2 N–H and O–H groups in total. The highest BCUT2D eigenvalue weighted by atomic mass is 19.3. The summed E-state index contributed by atoms with van der Waals surface area (Å²) in [5, 5.41) is 6.30. The molecule has 0 aromatic heterocycles. The maximum atomic E-state index is 12.5. The van der Waals surface area contributed by atoms with Gasteiger partial charge in [-0.1, -0.05) is 0 Å². The first-order chi connectivity index (χ1) is 7.09. The van der Waals surface area contributed by atoms with Gasteiger partial charge in [0.15, 0.2) is 5.96 Å². The van der Waals surface area contributed by atoms with Gasteiger partial charge in [-0.3, -0.25) is 4.99 Å². The fourth-order valence-electron chi connectivity index (χ4n) is 1.79. The Morgan fingerprint density at radius 3 is 2.53 bits per heavy atom. The number of halogens is 2. The normalized spacial score (nSPS) is 25.9. The molecule has 0 aliphatic heterocycles. The molecule has 15 heavy (non-hydrogen) atoms. The van der Waals surface area contributed by atoms with Gasteiger partial charge in [0.25, 0.3) is 0 Å². The zero-order valence-corrected chi connectivity index (χ0v) is 8.89. The van der Waals surface area contributed by atoms with Gasteiger partial charge in [-0.15, -0.1) is 0 Å². The summed E-state index contributed by atoms with van der Waals surface area (Å²) in [6.45, 7) is 0.599. The van der Waals surface area contributed by atoms with Crippen molar-refractivity contribution in [3.05, 3.63) is 0 Å².